The predicted molar refractivity (Wildman–Crippen MR) is 128 cm³/mol. The van der Waals surface area contributed by atoms with E-state index >= 15 is 0 Å². The average Bonchev–Trinajstić information content (AvgIpc) is 3.40. The van der Waals surface area contributed by atoms with Gasteiger partial charge in [-0.3, -0.25) is 15.2 Å². The second-order valence-electron chi connectivity index (χ2n) is 9.08. The highest BCUT2D eigenvalue weighted by molar-refractivity contribution is 5.96. The molecule has 0 fully saturated rings. The zero-order valence-corrected chi connectivity index (χ0v) is 19.8. The van der Waals surface area contributed by atoms with Crippen molar-refractivity contribution in [1.29, 1.82) is 5.41 Å². The van der Waals surface area contributed by atoms with Crippen LogP contribution in [-0.4, -0.2) is 20.0 Å². The van der Waals surface area contributed by atoms with Gasteiger partial charge in [-0.15, -0.1) is 0 Å². The van der Waals surface area contributed by atoms with Gasteiger partial charge in [0.2, 0.25) is 5.62 Å². The van der Waals surface area contributed by atoms with Crippen LogP contribution >= 0.6 is 0 Å². The number of benzene rings is 2. The van der Waals surface area contributed by atoms with Gasteiger partial charge in [0.25, 0.3) is 5.91 Å². The summed E-state index contributed by atoms with van der Waals surface area (Å²) >= 11 is 0. The first-order valence-corrected chi connectivity index (χ1v) is 11.6. The zero-order chi connectivity index (χ0) is 26.3. The zero-order valence-electron chi connectivity index (χ0n) is 19.8. The lowest BCUT2D eigenvalue weighted by molar-refractivity contribution is -0.140. The molecule has 1 unspecified atom stereocenters. The van der Waals surface area contributed by atoms with Gasteiger partial charge >= 0.3 is 6.18 Å². The first-order valence-electron chi connectivity index (χ1n) is 11.6. The molecule has 0 saturated heterocycles. The van der Waals surface area contributed by atoms with Crippen molar-refractivity contribution in [2.24, 2.45) is 7.05 Å². The van der Waals surface area contributed by atoms with Crippen LogP contribution in [0.15, 0.2) is 67.1 Å². The number of nitrogens with zero attached hydrogens (tertiary/aromatic N) is 3. The maximum atomic E-state index is 13.7. The first kappa shape index (κ1) is 24.5. The Morgan fingerprint density at radius 3 is 2.70 bits per heavy atom. The van der Waals surface area contributed by atoms with E-state index in [0.717, 1.165) is 17.3 Å². The number of amides is 1. The number of aryl methyl sites for hydroxylation is 2. The Bertz CT molecular complexity index is 1550. The molecule has 5 rings (SSSR count). The van der Waals surface area contributed by atoms with Crippen molar-refractivity contribution >= 4 is 5.91 Å². The van der Waals surface area contributed by atoms with Gasteiger partial charge in [0.05, 0.1) is 12.6 Å². The molecule has 1 aliphatic rings. The molecule has 2 heterocycles. The minimum absolute atomic E-state index is 0.142. The number of rotatable bonds is 5. The van der Waals surface area contributed by atoms with Crippen LogP contribution in [0.5, 0.6) is 0 Å². The lowest BCUT2D eigenvalue weighted by Crippen LogP contribution is -2.27. The third-order valence-electron chi connectivity index (χ3n) is 6.56. The number of hydrogen-bond donors (Lipinski definition) is 2. The van der Waals surface area contributed by atoms with Gasteiger partial charge in [-0.1, -0.05) is 12.1 Å². The van der Waals surface area contributed by atoms with E-state index in [-0.39, 0.29) is 40.7 Å². The quantitative estimate of drug-likeness (QED) is 0.372. The Morgan fingerprint density at radius 2 is 1.97 bits per heavy atom. The Morgan fingerprint density at radius 1 is 1.16 bits per heavy atom. The molecule has 0 aliphatic heterocycles. The molecular formula is C27H23F4N5O. The summed E-state index contributed by atoms with van der Waals surface area (Å²) in [5.74, 6) is -0.793. The first-order chi connectivity index (χ1) is 17.6. The Kier molecular flexibility index (Phi) is 6.18. The summed E-state index contributed by atoms with van der Waals surface area (Å²) in [4.78, 5) is 16.9. The lowest BCUT2D eigenvalue weighted by atomic mass is 9.97. The number of fused-ring (bicyclic) bond motifs is 1. The summed E-state index contributed by atoms with van der Waals surface area (Å²) in [7, 11) is 1.71. The van der Waals surface area contributed by atoms with Gasteiger partial charge in [-0.05, 0) is 71.5 Å². The standard InChI is InChI=1S/C27H23F4N5O/c1-35-9-10-36(26(35)32)15-16-11-18(22-3-2-8-33-24(22)27(29,30)31)13-19(12-16)25(37)34-23-7-4-17-14-20(28)5-6-21(17)23/h2-3,5-6,8-14,23,32H,4,7,15H2,1H3,(H,34,37). The van der Waals surface area contributed by atoms with Crippen molar-refractivity contribution in [2.45, 2.75) is 31.6 Å². The van der Waals surface area contributed by atoms with Crippen molar-refractivity contribution in [1.82, 2.24) is 19.4 Å². The summed E-state index contributed by atoms with van der Waals surface area (Å²) in [6.07, 6.45) is 0.999. The molecule has 2 aromatic heterocycles. The second-order valence-corrected chi connectivity index (χ2v) is 9.08. The number of carbonyl (C=O) groups is 1. The van der Waals surface area contributed by atoms with E-state index in [1.807, 2.05) is 0 Å². The van der Waals surface area contributed by atoms with E-state index < -0.39 is 17.8 Å². The number of halogens is 4. The molecule has 4 aromatic rings. The third-order valence-corrected chi connectivity index (χ3v) is 6.56. The predicted octanol–water partition coefficient (Wildman–Crippen LogP) is 4.99. The van der Waals surface area contributed by atoms with E-state index in [1.54, 1.807) is 46.8 Å². The fraction of sp³-hybridized carbons (Fsp3) is 0.222. The minimum Gasteiger partial charge on any atom is -0.345 e. The molecule has 1 aliphatic carbocycles. The highest BCUT2D eigenvalue weighted by atomic mass is 19.4. The Balaban J connectivity index is 1.55. The van der Waals surface area contributed by atoms with Gasteiger partial charge in [0.15, 0.2) is 5.69 Å². The lowest BCUT2D eigenvalue weighted by Gasteiger charge is -2.17. The van der Waals surface area contributed by atoms with E-state index in [2.05, 4.69) is 10.3 Å². The SMILES string of the molecule is Cn1ccn(Cc2cc(C(=O)NC3CCc4cc(F)ccc43)cc(-c3cccnc3C(F)(F)F)c2)c1=N. The molecule has 0 saturated carbocycles. The Hall–Kier alpha value is -4.21. The molecule has 10 heteroatoms. The van der Waals surface area contributed by atoms with Gasteiger partial charge in [-0.2, -0.15) is 13.2 Å². The van der Waals surface area contributed by atoms with Gasteiger partial charge in [0.1, 0.15) is 5.82 Å². The van der Waals surface area contributed by atoms with Crippen molar-refractivity contribution in [3.05, 3.63) is 107 Å². The molecule has 2 N–H and O–H groups in total. The monoisotopic (exact) mass is 509 g/mol. The second kappa shape index (κ2) is 9.34. The van der Waals surface area contributed by atoms with Crippen molar-refractivity contribution in [3.63, 3.8) is 0 Å². The molecule has 37 heavy (non-hydrogen) atoms. The largest absolute Gasteiger partial charge is 0.433 e. The highest BCUT2D eigenvalue weighted by Gasteiger charge is 2.35. The van der Waals surface area contributed by atoms with Crippen LogP contribution in [0.3, 0.4) is 0 Å². The van der Waals surface area contributed by atoms with Crippen LogP contribution in [0, 0.1) is 11.2 Å². The number of pyridine rings is 1. The maximum Gasteiger partial charge on any atom is 0.433 e. The van der Waals surface area contributed by atoms with Crippen LogP contribution in [0.1, 0.15) is 45.2 Å². The smallest absolute Gasteiger partial charge is 0.345 e. The molecule has 6 nitrogen and oxygen atoms in total. The van der Waals surface area contributed by atoms with Gasteiger partial charge < -0.3 is 14.5 Å². The summed E-state index contributed by atoms with van der Waals surface area (Å²) < 4.78 is 58.0. The van der Waals surface area contributed by atoms with E-state index in [4.69, 9.17) is 5.41 Å². The molecular weight excluding hydrogens is 486 g/mol. The topological polar surface area (TPSA) is 75.7 Å². The van der Waals surface area contributed by atoms with Crippen LogP contribution in [0.4, 0.5) is 17.6 Å². The molecule has 1 atom stereocenters. The van der Waals surface area contributed by atoms with E-state index in [9.17, 15) is 22.4 Å². The fourth-order valence-corrected chi connectivity index (χ4v) is 4.76. The molecule has 2 aromatic carbocycles. The number of carbonyl (C=O) groups excluding carboxylic acids is 1. The molecule has 0 radical (unpaired) electrons. The summed E-state index contributed by atoms with van der Waals surface area (Å²) in [6, 6.07) is 11.5. The Labute approximate surface area is 209 Å². The number of alkyl halides is 3. The van der Waals surface area contributed by atoms with Crippen molar-refractivity contribution in [2.75, 3.05) is 0 Å². The molecule has 1 amide bonds. The number of imidazole rings is 1. The van der Waals surface area contributed by atoms with Crippen LogP contribution in [0.25, 0.3) is 11.1 Å². The van der Waals surface area contributed by atoms with Crippen molar-refractivity contribution < 1.29 is 22.4 Å². The maximum absolute atomic E-state index is 13.7. The summed E-state index contributed by atoms with van der Waals surface area (Å²) in [5.41, 5.74) is 1.60. The van der Waals surface area contributed by atoms with E-state index in [0.29, 0.717) is 18.4 Å². The van der Waals surface area contributed by atoms with Crippen molar-refractivity contribution in [3.8, 4) is 11.1 Å². The van der Waals surface area contributed by atoms with E-state index in [1.165, 1.54) is 30.3 Å². The summed E-state index contributed by atoms with van der Waals surface area (Å²) in [5, 5.41) is 11.1. The van der Waals surface area contributed by atoms with Crippen LogP contribution in [0.2, 0.25) is 0 Å². The number of nitrogens with one attached hydrogen (secondary N) is 2. The molecule has 0 spiro atoms. The molecule has 190 valence electrons. The van der Waals surface area contributed by atoms with Gasteiger partial charge in [-0.25, -0.2) is 4.39 Å². The fourth-order valence-electron chi connectivity index (χ4n) is 4.76. The van der Waals surface area contributed by atoms with Crippen LogP contribution < -0.4 is 10.9 Å². The average molecular weight is 510 g/mol. The minimum atomic E-state index is -4.68. The normalized spacial score (nSPS) is 15.0. The third kappa shape index (κ3) is 4.91. The highest BCUT2D eigenvalue weighted by Crippen LogP contribution is 2.36. The van der Waals surface area contributed by atoms with Crippen LogP contribution in [-0.2, 0) is 26.2 Å². The number of aromatic nitrogens is 3. The molecule has 0 bridgehead atoms. The van der Waals surface area contributed by atoms with Gasteiger partial charge in [0, 0.05) is 36.8 Å². The number of hydrogen-bond acceptors (Lipinski definition) is 3. The summed E-state index contributed by atoms with van der Waals surface area (Å²) in [6.45, 7) is 0.181.